The lowest BCUT2D eigenvalue weighted by Crippen LogP contribution is -2.38. The van der Waals surface area contributed by atoms with E-state index in [1.807, 2.05) is 12.1 Å². The van der Waals surface area contributed by atoms with Crippen LogP contribution in [0, 0.1) is 23.1 Å². The lowest BCUT2D eigenvalue weighted by molar-refractivity contribution is 0.241. The highest BCUT2D eigenvalue weighted by Gasteiger charge is 2.25. The molecule has 2 unspecified atom stereocenters. The van der Waals surface area contributed by atoms with E-state index in [1.165, 1.54) is 12.1 Å². The van der Waals surface area contributed by atoms with E-state index < -0.39 is 0 Å². The summed E-state index contributed by atoms with van der Waals surface area (Å²) in [5, 5.41) is 8.94. The fraction of sp³-hybridized carbons (Fsp3) is 0.533. The molecular weight excluding hydrogens is 241 g/mol. The minimum absolute atomic E-state index is 0.211. The predicted molar refractivity (Wildman–Crippen MR) is 74.4 cm³/mol. The van der Waals surface area contributed by atoms with E-state index in [0.717, 1.165) is 25.3 Å². The average molecular weight is 261 g/mol. The number of nitriles is 1. The molecule has 1 fully saturated rings. The number of rotatable bonds is 2. The molecule has 0 bridgehead atoms. The summed E-state index contributed by atoms with van der Waals surface area (Å²) in [5.41, 5.74) is 1.03. The van der Waals surface area contributed by atoms with Crippen LogP contribution in [0.25, 0.3) is 0 Å². The topological polar surface area (TPSA) is 30.3 Å². The van der Waals surface area contributed by atoms with Crippen LogP contribution in [-0.2, 0) is 0 Å². The van der Waals surface area contributed by atoms with Crippen molar-refractivity contribution in [2.24, 2.45) is 5.92 Å². The SMILES string of the molecule is CC1CN(c2ccc(F)cc2)CC(CC#N)N(C)C1. The van der Waals surface area contributed by atoms with Crippen molar-refractivity contribution in [2.45, 2.75) is 19.4 Å². The Morgan fingerprint density at radius 3 is 2.58 bits per heavy atom. The maximum absolute atomic E-state index is 13.0. The Bertz CT molecular complexity index is 451. The number of benzene rings is 1. The van der Waals surface area contributed by atoms with Crippen molar-refractivity contribution in [3.8, 4) is 6.07 Å². The number of hydrogen-bond acceptors (Lipinski definition) is 3. The third-order valence-electron chi connectivity index (χ3n) is 3.70. The van der Waals surface area contributed by atoms with Gasteiger partial charge in [0.15, 0.2) is 0 Å². The van der Waals surface area contributed by atoms with E-state index in [9.17, 15) is 4.39 Å². The van der Waals surface area contributed by atoms with Gasteiger partial charge in [-0.05, 0) is 37.2 Å². The van der Waals surface area contributed by atoms with Crippen LogP contribution in [0.4, 0.5) is 10.1 Å². The van der Waals surface area contributed by atoms with E-state index in [0.29, 0.717) is 12.3 Å². The van der Waals surface area contributed by atoms with Crippen LogP contribution in [0.5, 0.6) is 0 Å². The molecular formula is C15H20FN3. The normalized spacial score (nSPS) is 24.8. The first-order valence-electron chi connectivity index (χ1n) is 6.68. The molecule has 1 aromatic carbocycles. The summed E-state index contributed by atoms with van der Waals surface area (Å²) in [5.74, 6) is 0.316. The second-order valence-electron chi connectivity index (χ2n) is 5.44. The van der Waals surface area contributed by atoms with Gasteiger partial charge in [0.2, 0.25) is 0 Å². The lowest BCUT2D eigenvalue weighted by Gasteiger charge is -2.28. The van der Waals surface area contributed by atoms with Crippen molar-refractivity contribution in [1.29, 1.82) is 5.26 Å². The summed E-state index contributed by atoms with van der Waals surface area (Å²) in [6.45, 7) is 4.96. The Hall–Kier alpha value is -1.60. The van der Waals surface area contributed by atoms with Gasteiger partial charge in [0.1, 0.15) is 5.82 Å². The Morgan fingerprint density at radius 2 is 1.95 bits per heavy atom. The zero-order chi connectivity index (χ0) is 13.8. The van der Waals surface area contributed by atoms with Gasteiger partial charge < -0.3 is 9.80 Å². The lowest BCUT2D eigenvalue weighted by atomic mass is 10.1. The molecule has 2 atom stereocenters. The molecule has 0 aliphatic carbocycles. The minimum atomic E-state index is -0.211. The summed E-state index contributed by atoms with van der Waals surface area (Å²) < 4.78 is 13.0. The van der Waals surface area contributed by atoms with Crippen molar-refractivity contribution >= 4 is 5.69 Å². The molecule has 102 valence electrons. The molecule has 19 heavy (non-hydrogen) atoms. The second kappa shape index (κ2) is 6.03. The Kier molecular flexibility index (Phi) is 4.39. The highest BCUT2D eigenvalue weighted by atomic mass is 19.1. The predicted octanol–water partition coefficient (Wildman–Crippen LogP) is 2.50. The van der Waals surface area contributed by atoms with Crippen molar-refractivity contribution in [3.63, 3.8) is 0 Å². The fourth-order valence-corrected chi connectivity index (χ4v) is 2.73. The van der Waals surface area contributed by atoms with Crippen LogP contribution in [0.2, 0.25) is 0 Å². The smallest absolute Gasteiger partial charge is 0.123 e. The van der Waals surface area contributed by atoms with Crippen LogP contribution >= 0.6 is 0 Å². The Labute approximate surface area is 114 Å². The second-order valence-corrected chi connectivity index (χ2v) is 5.44. The van der Waals surface area contributed by atoms with E-state index in [4.69, 9.17) is 5.26 Å². The number of likely N-dealkylation sites (N-methyl/N-ethyl adjacent to an activating group) is 1. The first-order chi connectivity index (χ1) is 9.10. The van der Waals surface area contributed by atoms with Gasteiger partial charge in [-0.25, -0.2) is 4.39 Å². The third-order valence-corrected chi connectivity index (χ3v) is 3.70. The van der Waals surface area contributed by atoms with Gasteiger partial charge in [-0.15, -0.1) is 0 Å². The number of anilines is 1. The van der Waals surface area contributed by atoms with Gasteiger partial charge in [0, 0.05) is 31.4 Å². The van der Waals surface area contributed by atoms with Crippen LogP contribution in [0.15, 0.2) is 24.3 Å². The van der Waals surface area contributed by atoms with Gasteiger partial charge in [-0.1, -0.05) is 6.92 Å². The molecule has 0 N–H and O–H groups in total. The summed E-state index contributed by atoms with van der Waals surface area (Å²) in [7, 11) is 2.08. The standard InChI is InChI=1S/C15H20FN3/c1-12-9-18(2)15(7-8-17)11-19(10-12)14-5-3-13(16)4-6-14/h3-6,12,15H,7,9-11H2,1-2H3. The quantitative estimate of drug-likeness (QED) is 0.819. The summed E-state index contributed by atoms with van der Waals surface area (Å²) in [6, 6.07) is 9.12. The highest BCUT2D eigenvalue weighted by molar-refractivity contribution is 5.46. The molecule has 1 aliphatic heterocycles. The Morgan fingerprint density at radius 1 is 1.26 bits per heavy atom. The van der Waals surface area contributed by atoms with Crippen molar-refractivity contribution in [3.05, 3.63) is 30.1 Å². The van der Waals surface area contributed by atoms with Crippen molar-refractivity contribution < 1.29 is 4.39 Å². The average Bonchev–Trinajstić information content (AvgIpc) is 2.50. The molecule has 1 heterocycles. The molecule has 0 spiro atoms. The maximum Gasteiger partial charge on any atom is 0.123 e. The minimum Gasteiger partial charge on any atom is -0.370 e. The number of halogens is 1. The molecule has 3 nitrogen and oxygen atoms in total. The molecule has 0 radical (unpaired) electrons. The molecule has 2 rings (SSSR count). The first-order valence-corrected chi connectivity index (χ1v) is 6.68. The molecule has 1 saturated heterocycles. The summed E-state index contributed by atoms with van der Waals surface area (Å²) in [6.07, 6.45) is 0.529. The van der Waals surface area contributed by atoms with Gasteiger partial charge >= 0.3 is 0 Å². The monoisotopic (exact) mass is 261 g/mol. The van der Waals surface area contributed by atoms with Gasteiger partial charge in [-0.3, -0.25) is 0 Å². The molecule has 1 aliphatic rings. The van der Waals surface area contributed by atoms with E-state index in [2.05, 4.69) is 29.8 Å². The number of hydrogen-bond donors (Lipinski definition) is 0. The largest absolute Gasteiger partial charge is 0.370 e. The summed E-state index contributed by atoms with van der Waals surface area (Å²) in [4.78, 5) is 4.52. The van der Waals surface area contributed by atoms with Crippen LogP contribution < -0.4 is 4.90 Å². The van der Waals surface area contributed by atoms with Crippen molar-refractivity contribution in [2.75, 3.05) is 31.6 Å². The molecule has 0 saturated carbocycles. The molecule has 4 heteroatoms. The van der Waals surface area contributed by atoms with Crippen LogP contribution in [-0.4, -0.2) is 37.6 Å². The first kappa shape index (κ1) is 13.8. The zero-order valence-corrected chi connectivity index (χ0v) is 11.5. The number of nitrogens with zero attached hydrogens (tertiary/aromatic N) is 3. The van der Waals surface area contributed by atoms with Crippen LogP contribution in [0.3, 0.4) is 0 Å². The highest BCUT2D eigenvalue weighted by Crippen LogP contribution is 2.22. The zero-order valence-electron chi connectivity index (χ0n) is 11.5. The van der Waals surface area contributed by atoms with Crippen LogP contribution in [0.1, 0.15) is 13.3 Å². The van der Waals surface area contributed by atoms with E-state index >= 15 is 0 Å². The third kappa shape index (κ3) is 3.45. The van der Waals surface area contributed by atoms with Crippen molar-refractivity contribution in [1.82, 2.24) is 4.90 Å². The molecule has 0 aromatic heterocycles. The maximum atomic E-state index is 13.0. The van der Waals surface area contributed by atoms with Gasteiger partial charge in [0.05, 0.1) is 12.5 Å². The fourth-order valence-electron chi connectivity index (χ4n) is 2.73. The molecule has 0 amide bonds. The Balaban J connectivity index is 2.19. The molecule has 1 aromatic rings. The van der Waals surface area contributed by atoms with Gasteiger partial charge in [0.25, 0.3) is 0 Å². The summed E-state index contributed by atoms with van der Waals surface area (Å²) >= 11 is 0. The van der Waals surface area contributed by atoms with Gasteiger partial charge in [-0.2, -0.15) is 5.26 Å². The van der Waals surface area contributed by atoms with E-state index in [1.54, 1.807) is 0 Å². The van der Waals surface area contributed by atoms with E-state index in [-0.39, 0.29) is 11.9 Å².